The minimum Gasteiger partial charge on any atom is -0.480 e. The molecule has 0 aliphatic rings. The Morgan fingerprint density at radius 1 is 1.07 bits per heavy atom. The van der Waals surface area contributed by atoms with E-state index in [9.17, 15) is 4.79 Å². The summed E-state index contributed by atoms with van der Waals surface area (Å²) < 4.78 is 4.97. The van der Waals surface area contributed by atoms with Crippen LogP contribution >= 0.6 is 0 Å². The van der Waals surface area contributed by atoms with Crippen molar-refractivity contribution in [2.45, 2.75) is 39.0 Å². The third-order valence-electron chi connectivity index (χ3n) is 4.37. The van der Waals surface area contributed by atoms with Crippen LogP contribution < -0.4 is 21.1 Å². The number of aromatic nitrogens is 2. The standard InChI is InChI=1S/C20H29N5O2/c1-15-16(20(26)23-18-11-12-19(27-2)25-24-18)9-8-10-17(15)22-14-7-5-3-4-6-13-21/h8-12,22H,3-7,13-14,21H2,1-2H3,(H,23,24,26). The largest absolute Gasteiger partial charge is 0.480 e. The molecule has 0 saturated carbocycles. The van der Waals surface area contributed by atoms with Gasteiger partial charge in [-0.2, -0.15) is 0 Å². The highest BCUT2D eigenvalue weighted by Crippen LogP contribution is 2.20. The summed E-state index contributed by atoms with van der Waals surface area (Å²) in [6.07, 6.45) is 5.79. The molecule has 27 heavy (non-hydrogen) atoms. The number of benzene rings is 1. The second-order valence-electron chi connectivity index (χ2n) is 6.38. The number of ether oxygens (including phenoxy) is 1. The molecule has 7 nitrogen and oxygen atoms in total. The molecule has 1 heterocycles. The number of methoxy groups -OCH3 is 1. The molecule has 146 valence electrons. The molecular weight excluding hydrogens is 342 g/mol. The monoisotopic (exact) mass is 371 g/mol. The summed E-state index contributed by atoms with van der Waals surface area (Å²) in [5.41, 5.74) is 8.01. The van der Waals surface area contributed by atoms with Crippen LogP contribution in [0.15, 0.2) is 30.3 Å². The van der Waals surface area contributed by atoms with Crippen LogP contribution in [0.1, 0.15) is 48.0 Å². The van der Waals surface area contributed by atoms with Gasteiger partial charge in [-0.1, -0.05) is 25.3 Å². The molecule has 7 heteroatoms. The molecule has 2 aromatic rings. The Morgan fingerprint density at radius 2 is 1.85 bits per heavy atom. The third kappa shape index (κ3) is 6.53. The van der Waals surface area contributed by atoms with Crippen molar-refractivity contribution in [1.29, 1.82) is 0 Å². The van der Waals surface area contributed by atoms with Crippen molar-refractivity contribution in [3.8, 4) is 5.88 Å². The van der Waals surface area contributed by atoms with E-state index in [0.29, 0.717) is 17.3 Å². The first-order valence-electron chi connectivity index (χ1n) is 9.38. The van der Waals surface area contributed by atoms with Gasteiger partial charge in [-0.05, 0) is 50.1 Å². The highest BCUT2D eigenvalue weighted by molar-refractivity contribution is 6.05. The first-order valence-corrected chi connectivity index (χ1v) is 9.38. The van der Waals surface area contributed by atoms with E-state index in [-0.39, 0.29) is 5.91 Å². The van der Waals surface area contributed by atoms with Gasteiger partial charge in [0.25, 0.3) is 5.91 Å². The average Bonchev–Trinajstić information content (AvgIpc) is 2.69. The predicted octanol–water partition coefficient (Wildman–Crippen LogP) is 3.37. The van der Waals surface area contributed by atoms with Crippen molar-refractivity contribution < 1.29 is 9.53 Å². The van der Waals surface area contributed by atoms with Crippen LogP contribution in [0.4, 0.5) is 11.5 Å². The van der Waals surface area contributed by atoms with E-state index in [4.69, 9.17) is 10.5 Å². The van der Waals surface area contributed by atoms with Gasteiger partial charge in [-0.25, -0.2) is 0 Å². The van der Waals surface area contributed by atoms with Gasteiger partial charge < -0.3 is 21.1 Å². The van der Waals surface area contributed by atoms with Gasteiger partial charge in [0, 0.05) is 23.9 Å². The van der Waals surface area contributed by atoms with E-state index in [2.05, 4.69) is 20.8 Å². The summed E-state index contributed by atoms with van der Waals surface area (Å²) >= 11 is 0. The molecule has 1 amide bonds. The van der Waals surface area contributed by atoms with E-state index >= 15 is 0 Å². The SMILES string of the molecule is COc1ccc(NC(=O)c2cccc(NCCCCCCCN)c2C)nn1. The Morgan fingerprint density at radius 3 is 2.56 bits per heavy atom. The molecular formula is C20H29N5O2. The van der Waals surface area contributed by atoms with E-state index < -0.39 is 0 Å². The van der Waals surface area contributed by atoms with E-state index in [1.165, 1.54) is 26.4 Å². The van der Waals surface area contributed by atoms with Gasteiger partial charge in [-0.15, -0.1) is 10.2 Å². The summed E-state index contributed by atoms with van der Waals surface area (Å²) in [5, 5.41) is 14.0. The van der Waals surface area contributed by atoms with E-state index in [0.717, 1.165) is 37.2 Å². The fourth-order valence-corrected chi connectivity index (χ4v) is 2.78. The van der Waals surface area contributed by atoms with Gasteiger partial charge in [-0.3, -0.25) is 4.79 Å². The highest BCUT2D eigenvalue weighted by Gasteiger charge is 2.12. The molecule has 1 aromatic heterocycles. The van der Waals surface area contributed by atoms with Gasteiger partial charge >= 0.3 is 0 Å². The number of amides is 1. The van der Waals surface area contributed by atoms with Crippen molar-refractivity contribution in [1.82, 2.24) is 10.2 Å². The van der Waals surface area contributed by atoms with Crippen LogP contribution in [0.25, 0.3) is 0 Å². The maximum Gasteiger partial charge on any atom is 0.257 e. The number of unbranched alkanes of at least 4 members (excludes halogenated alkanes) is 4. The molecule has 0 atom stereocenters. The van der Waals surface area contributed by atoms with Crippen molar-refractivity contribution in [2.24, 2.45) is 5.73 Å². The first-order chi connectivity index (χ1) is 13.2. The fourth-order valence-electron chi connectivity index (χ4n) is 2.78. The maximum atomic E-state index is 12.6. The van der Waals surface area contributed by atoms with Gasteiger partial charge in [0.05, 0.1) is 7.11 Å². The molecule has 0 aliphatic carbocycles. The number of carbonyl (C=O) groups excluding carboxylic acids is 1. The lowest BCUT2D eigenvalue weighted by Crippen LogP contribution is -2.16. The zero-order chi connectivity index (χ0) is 19.5. The molecule has 1 aromatic carbocycles. The normalized spacial score (nSPS) is 10.5. The third-order valence-corrected chi connectivity index (χ3v) is 4.37. The van der Waals surface area contributed by atoms with Crippen molar-refractivity contribution >= 4 is 17.4 Å². The fraction of sp³-hybridized carbons (Fsp3) is 0.450. The second-order valence-corrected chi connectivity index (χ2v) is 6.38. The number of nitrogens with zero attached hydrogens (tertiary/aromatic N) is 2. The van der Waals surface area contributed by atoms with Gasteiger partial charge in [0.1, 0.15) is 0 Å². The zero-order valence-electron chi connectivity index (χ0n) is 16.1. The van der Waals surface area contributed by atoms with Crippen LogP contribution in [0.3, 0.4) is 0 Å². The smallest absolute Gasteiger partial charge is 0.257 e. The van der Waals surface area contributed by atoms with Crippen molar-refractivity contribution in [2.75, 3.05) is 30.8 Å². The van der Waals surface area contributed by atoms with Crippen LogP contribution in [0.5, 0.6) is 5.88 Å². The maximum absolute atomic E-state index is 12.6. The summed E-state index contributed by atoms with van der Waals surface area (Å²) in [6.45, 7) is 3.60. The Kier molecular flexibility index (Phi) is 8.51. The van der Waals surface area contributed by atoms with Crippen LogP contribution in [-0.2, 0) is 0 Å². The minimum atomic E-state index is -0.211. The summed E-state index contributed by atoms with van der Waals surface area (Å²) in [5.74, 6) is 0.576. The molecule has 0 bridgehead atoms. The number of anilines is 2. The number of hydrogen-bond acceptors (Lipinski definition) is 6. The quantitative estimate of drug-likeness (QED) is 0.524. The average molecular weight is 371 g/mol. The predicted molar refractivity (Wildman–Crippen MR) is 108 cm³/mol. The topological polar surface area (TPSA) is 102 Å². The van der Waals surface area contributed by atoms with Crippen LogP contribution in [-0.4, -0.2) is 36.3 Å². The number of nitrogens with two attached hydrogens (primary N) is 1. The zero-order valence-corrected chi connectivity index (χ0v) is 16.1. The Hall–Kier alpha value is -2.67. The lowest BCUT2D eigenvalue weighted by molar-refractivity contribution is 0.102. The summed E-state index contributed by atoms with van der Waals surface area (Å²) in [7, 11) is 1.52. The van der Waals surface area contributed by atoms with E-state index in [1.54, 1.807) is 18.2 Å². The van der Waals surface area contributed by atoms with E-state index in [1.807, 2.05) is 19.1 Å². The summed E-state index contributed by atoms with van der Waals surface area (Å²) in [6, 6.07) is 8.99. The van der Waals surface area contributed by atoms with Gasteiger partial charge in [0.15, 0.2) is 5.82 Å². The summed E-state index contributed by atoms with van der Waals surface area (Å²) in [4.78, 5) is 12.6. The molecule has 0 unspecified atom stereocenters. The Bertz CT molecular complexity index is 719. The van der Waals surface area contributed by atoms with Gasteiger partial charge in [0.2, 0.25) is 5.88 Å². The molecule has 0 saturated heterocycles. The molecule has 2 rings (SSSR count). The van der Waals surface area contributed by atoms with Crippen molar-refractivity contribution in [3.63, 3.8) is 0 Å². The van der Waals surface area contributed by atoms with Crippen LogP contribution in [0, 0.1) is 6.92 Å². The number of hydrogen-bond donors (Lipinski definition) is 3. The first kappa shape index (κ1) is 20.6. The number of nitrogens with one attached hydrogen (secondary N) is 2. The second kappa shape index (κ2) is 11.1. The van der Waals surface area contributed by atoms with Crippen LogP contribution in [0.2, 0.25) is 0 Å². The molecule has 0 fully saturated rings. The van der Waals surface area contributed by atoms with Crippen molar-refractivity contribution in [3.05, 3.63) is 41.5 Å². The molecule has 0 radical (unpaired) electrons. The Balaban J connectivity index is 1.89. The highest BCUT2D eigenvalue weighted by atomic mass is 16.5. The lowest BCUT2D eigenvalue weighted by atomic mass is 10.1. The minimum absolute atomic E-state index is 0.211. The molecule has 0 aliphatic heterocycles. The number of carbonyl (C=O) groups is 1. The number of rotatable bonds is 11. The molecule has 0 spiro atoms. The molecule has 4 N–H and O–H groups in total. The Labute approximate surface area is 160 Å². The lowest BCUT2D eigenvalue weighted by Gasteiger charge is -2.13.